The second-order valence-electron chi connectivity index (χ2n) is 5.31. The Morgan fingerprint density at radius 1 is 1.33 bits per heavy atom. The van der Waals surface area contributed by atoms with Crippen molar-refractivity contribution in [1.82, 2.24) is 9.55 Å². The number of carbonyl (C=O) groups is 1. The van der Waals surface area contributed by atoms with Gasteiger partial charge in [0, 0.05) is 31.0 Å². The number of aryl methyl sites for hydroxylation is 2. The minimum atomic E-state index is 0.116. The van der Waals surface area contributed by atoms with E-state index in [-0.39, 0.29) is 5.91 Å². The number of fused-ring (bicyclic) bond motifs is 1. The summed E-state index contributed by atoms with van der Waals surface area (Å²) >= 11 is 0. The highest BCUT2D eigenvalue weighted by Gasteiger charge is 2.13. The number of imidazole rings is 1. The van der Waals surface area contributed by atoms with E-state index in [4.69, 9.17) is 0 Å². The monoisotopic (exact) mass is 281 g/mol. The number of hydrogen-bond acceptors (Lipinski definition) is 2. The number of amides is 1. The van der Waals surface area contributed by atoms with Crippen LogP contribution in [0.2, 0.25) is 0 Å². The number of aromatic nitrogens is 2. The van der Waals surface area contributed by atoms with Crippen LogP contribution in [-0.2, 0) is 17.8 Å². The lowest BCUT2D eigenvalue weighted by Crippen LogP contribution is -2.18. The maximum atomic E-state index is 11.3. The van der Waals surface area contributed by atoms with Crippen LogP contribution in [0.25, 0.3) is 6.08 Å². The molecular formula is C17H19N3O. The number of allylic oxidation sites excluding steroid dienone is 1. The Morgan fingerprint density at radius 2 is 2.29 bits per heavy atom. The molecule has 1 amide bonds. The summed E-state index contributed by atoms with van der Waals surface area (Å²) in [5.41, 5.74) is 3.39. The standard InChI is InChI=1S/C17H19N3O/c21-17-8-6-15-12-14(5-7-16(15)19-17)4-2-1-3-10-20-11-9-18-13-20/h2,4-5,7,9,11-13H,1,3,6,8,10H2,(H,19,21). The molecule has 0 spiro atoms. The van der Waals surface area contributed by atoms with Crippen molar-refractivity contribution in [2.45, 2.75) is 32.2 Å². The van der Waals surface area contributed by atoms with Crippen molar-refractivity contribution in [3.05, 3.63) is 54.1 Å². The Labute approximate surface area is 124 Å². The zero-order chi connectivity index (χ0) is 14.5. The van der Waals surface area contributed by atoms with Crippen LogP contribution >= 0.6 is 0 Å². The Balaban J connectivity index is 1.53. The van der Waals surface area contributed by atoms with Gasteiger partial charge in [-0.3, -0.25) is 4.79 Å². The quantitative estimate of drug-likeness (QED) is 0.855. The third-order valence-corrected chi connectivity index (χ3v) is 3.68. The first kappa shape index (κ1) is 13.6. The molecule has 1 aromatic carbocycles. The molecule has 0 bridgehead atoms. The summed E-state index contributed by atoms with van der Waals surface area (Å²) in [4.78, 5) is 15.4. The summed E-state index contributed by atoms with van der Waals surface area (Å²) in [7, 11) is 0. The number of rotatable bonds is 5. The van der Waals surface area contributed by atoms with Crippen molar-refractivity contribution < 1.29 is 4.79 Å². The second kappa shape index (κ2) is 6.39. The minimum Gasteiger partial charge on any atom is -0.337 e. The molecule has 1 aromatic heterocycles. The molecule has 21 heavy (non-hydrogen) atoms. The van der Waals surface area contributed by atoms with Gasteiger partial charge in [0.1, 0.15) is 0 Å². The number of benzene rings is 1. The van der Waals surface area contributed by atoms with E-state index in [1.54, 1.807) is 0 Å². The molecule has 108 valence electrons. The molecule has 1 aliphatic rings. The van der Waals surface area contributed by atoms with E-state index < -0.39 is 0 Å². The van der Waals surface area contributed by atoms with Crippen molar-refractivity contribution in [2.24, 2.45) is 0 Å². The fourth-order valence-electron chi connectivity index (χ4n) is 2.54. The van der Waals surface area contributed by atoms with Gasteiger partial charge in [0.25, 0.3) is 0 Å². The van der Waals surface area contributed by atoms with E-state index in [1.165, 1.54) is 11.1 Å². The lowest BCUT2D eigenvalue weighted by Gasteiger charge is -2.16. The molecule has 0 saturated heterocycles. The van der Waals surface area contributed by atoms with Crippen LogP contribution in [-0.4, -0.2) is 15.5 Å². The van der Waals surface area contributed by atoms with E-state index in [2.05, 4.69) is 39.2 Å². The van der Waals surface area contributed by atoms with Crippen molar-refractivity contribution in [3.8, 4) is 0 Å². The highest BCUT2D eigenvalue weighted by molar-refractivity contribution is 5.94. The molecule has 0 unspecified atom stereocenters. The Hall–Kier alpha value is -2.36. The topological polar surface area (TPSA) is 46.9 Å². The molecule has 0 aliphatic carbocycles. The summed E-state index contributed by atoms with van der Waals surface area (Å²) < 4.78 is 2.09. The predicted octanol–water partition coefficient (Wildman–Crippen LogP) is 3.26. The molecule has 0 fully saturated rings. The van der Waals surface area contributed by atoms with E-state index >= 15 is 0 Å². The minimum absolute atomic E-state index is 0.116. The average Bonchev–Trinajstić information content (AvgIpc) is 3.00. The highest BCUT2D eigenvalue weighted by Crippen LogP contribution is 2.24. The predicted molar refractivity (Wildman–Crippen MR) is 83.9 cm³/mol. The van der Waals surface area contributed by atoms with Gasteiger partial charge in [0.05, 0.1) is 6.33 Å². The normalized spacial score (nSPS) is 14.2. The third kappa shape index (κ3) is 3.60. The van der Waals surface area contributed by atoms with Gasteiger partial charge in [-0.15, -0.1) is 0 Å². The third-order valence-electron chi connectivity index (χ3n) is 3.68. The maximum Gasteiger partial charge on any atom is 0.224 e. The first-order valence-electron chi connectivity index (χ1n) is 7.36. The van der Waals surface area contributed by atoms with Crippen LogP contribution in [0.1, 0.15) is 30.4 Å². The molecule has 3 rings (SSSR count). The Kier molecular flexibility index (Phi) is 4.15. The van der Waals surface area contributed by atoms with Crippen molar-refractivity contribution >= 4 is 17.7 Å². The van der Waals surface area contributed by atoms with Gasteiger partial charge in [0.2, 0.25) is 5.91 Å². The molecule has 0 atom stereocenters. The summed E-state index contributed by atoms with van der Waals surface area (Å²) in [5, 5.41) is 2.91. The fourth-order valence-corrected chi connectivity index (χ4v) is 2.54. The molecular weight excluding hydrogens is 262 g/mol. The van der Waals surface area contributed by atoms with Gasteiger partial charge >= 0.3 is 0 Å². The molecule has 4 nitrogen and oxygen atoms in total. The van der Waals surface area contributed by atoms with Gasteiger partial charge in [-0.25, -0.2) is 4.98 Å². The molecule has 2 heterocycles. The summed E-state index contributed by atoms with van der Waals surface area (Å²) in [6.07, 6.45) is 13.6. The van der Waals surface area contributed by atoms with Crippen molar-refractivity contribution in [1.29, 1.82) is 0 Å². The van der Waals surface area contributed by atoms with Gasteiger partial charge in [0.15, 0.2) is 0 Å². The van der Waals surface area contributed by atoms with E-state index in [9.17, 15) is 4.79 Å². The van der Waals surface area contributed by atoms with Crippen molar-refractivity contribution in [3.63, 3.8) is 0 Å². The molecule has 2 aromatic rings. The number of carbonyl (C=O) groups excluding carboxylic acids is 1. The lowest BCUT2D eigenvalue weighted by molar-refractivity contribution is -0.116. The summed E-state index contributed by atoms with van der Waals surface area (Å²) in [6.45, 7) is 1.00. The van der Waals surface area contributed by atoms with Crippen molar-refractivity contribution in [2.75, 3.05) is 5.32 Å². The number of nitrogens with one attached hydrogen (secondary N) is 1. The number of anilines is 1. The lowest BCUT2D eigenvalue weighted by atomic mass is 10.00. The van der Waals surface area contributed by atoms with Crippen LogP contribution in [0.4, 0.5) is 5.69 Å². The van der Waals surface area contributed by atoms with Gasteiger partial charge in [-0.2, -0.15) is 0 Å². The number of unbranched alkanes of at least 4 members (excludes halogenated alkanes) is 1. The smallest absolute Gasteiger partial charge is 0.224 e. The van der Waals surface area contributed by atoms with Crippen LogP contribution in [0.15, 0.2) is 43.0 Å². The molecule has 1 aliphatic heterocycles. The Morgan fingerprint density at radius 3 is 3.14 bits per heavy atom. The maximum absolute atomic E-state index is 11.3. The largest absolute Gasteiger partial charge is 0.337 e. The zero-order valence-electron chi connectivity index (χ0n) is 12.0. The van der Waals surface area contributed by atoms with Gasteiger partial charge in [-0.05, 0) is 42.5 Å². The highest BCUT2D eigenvalue weighted by atomic mass is 16.1. The van der Waals surface area contributed by atoms with Crippen LogP contribution in [0, 0.1) is 0 Å². The first-order chi connectivity index (χ1) is 10.3. The first-order valence-corrected chi connectivity index (χ1v) is 7.36. The van der Waals surface area contributed by atoms with E-state index in [0.717, 1.165) is 31.5 Å². The SMILES string of the molecule is O=C1CCc2cc(C=CCCCn3ccnc3)ccc2N1. The summed E-state index contributed by atoms with van der Waals surface area (Å²) in [6, 6.07) is 6.22. The summed E-state index contributed by atoms with van der Waals surface area (Å²) in [5.74, 6) is 0.116. The number of hydrogen-bond donors (Lipinski definition) is 1. The van der Waals surface area contributed by atoms with Crippen LogP contribution < -0.4 is 5.32 Å². The average molecular weight is 281 g/mol. The van der Waals surface area contributed by atoms with Gasteiger partial charge in [-0.1, -0.05) is 18.2 Å². The van der Waals surface area contributed by atoms with Crippen LogP contribution in [0.5, 0.6) is 0 Å². The zero-order valence-corrected chi connectivity index (χ0v) is 12.0. The fraction of sp³-hybridized carbons (Fsp3) is 0.294. The Bertz CT molecular complexity index is 644. The van der Waals surface area contributed by atoms with E-state index in [0.29, 0.717) is 6.42 Å². The molecule has 0 radical (unpaired) electrons. The molecule has 1 N–H and O–H groups in total. The van der Waals surface area contributed by atoms with Crippen LogP contribution in [0.3, 0.4) is 0 Å². The number of nitrogens with zero attached hydrogens (tertiary/aromatic N) is 2. The second-order valence-corrected chi connectivity index (χ2v) is 5.31. The van der Waals surface area contributed by atoms with Gasteiger partial charge < -0.3 is 9.88 Å². The molecule has 4 heteroatoms. The molecule has 0 saturated carbocycles. The van der Waals surface area contributed by atoms with E-state index in [1.807, 2.05) is 24.8 Å².